The highest BCUT2D eigenvalue weighted by atomic mass is 19.1. The van der Waals surface area contributed by atoms with E-state index in [-0.39, 0.29) is 17.6 Å². The second kappa shape index (κ2) is 6.50. The number of hydrogen-bond donors (Lipinski definition) is 2. The van der Waals surface area contributed by atoms with Gasteiger partial charge in [-0.3, -0.25) is 4.79 Å². The number of carbonyl (C=O) groups is 1. The summed E-state index contributed by atoms with van der Waals surface area (Å²) in [7, 11) is 0. The summed E-state index contributed by atoms with van der Waals surface area (Å²) in [5, 5.41) is 2.80. The molecule has 18 heavy (non-hydrogen) atoms. The summed E-state index contributed by atoms with van der Waals surface area (Å²) in [6, 6.07) is 4.21. The van der Waals surface area contributed by atoms with Gasteiger partial charge in [-0.1, -0.05) is 19.9 Å². The molecule has 3 nitrogen and oxygen atoms in total. The minimum absolute atomic E-state index is 0.123. The van der Waals surface area contributed by atoms with Crippen molar-refractivity contribution in [3.8, 4) is 0 Å². The molecule has 0 saturated carbocycles. The summed E-state index contributed by atoms with van der Waals surface area (Å²) in [5.41, 5.74) is 7.66. The summed E-state index contributed by atoms with van der Waals surface area (Å²) >= 11 is 0. The Morgan fingerprint density at radius 1 is 1.44 bits per heavy atom. The second-order valence-corrected chi connectivity index (χ2v) is 4.88. The fourth-order valence-electron chi connectivity index (χ4n) is 1.68. The maximum Gasteiger partial charge on any atom is 0.237 e. The Kier molecular flexibility index (Phi) is 5.28. The first-order valence-corrected chi connectivity index (χ1v) is 6.20. The van der Waals surface area contributed by atoms with Crippen LogP contribution in [0.15, 0.2) is 18.2 Å². The SMILES string of the molecule is Cc1cc(F)ccc1CCNC(=O)C(N)C(C)C. The maximum absolute atomic E-state index is 12.9. The van der Waals surface area contributed by atoms with Gasteiger partial charge in [0.25, 0.3) is 0 Å². The fourth-order valence-corrected chi connectivity index (χ4v) is 1.68. The van der Waals surface area contributed by atoms with Crippen LogP contribution in [-0.4, -0.2) is 18.5 Å². The first kappa shape index (κ1) is 14.6. The van der Waals surface area contributed by atoms with E-state index in [4.69, 9.17) is 5.73 Å². The van der Waals surface area contributed by atoms with Crippen molar-refractivity contribution in [3.05, 3.63) is 35.1 Å². The molecule has 1 rings (SSSR count). The van der Waals surface area contributed by atoms with Crippen molar-refractivity contribution in [2.75, 3.05) is 6.54 Å². The van der Waals surface area contributed by atoms with E-state index in [0.717, 1.165) is 11.1 Å². The van der Waals surface area contributed by atoms with E-state index in [2.05, 4.69) is 5.32 Å². The van der Waals surface area contributed by atoms with Gasteiger partial charge >= 0.3 is 0 Å². The number of rotatable bonds is 5. The van der Waals surface area contributed by atoms with Crippen molar-refractivity contribution in [2.45, 2.75) is 33.2 Å². The Balaban J connectivity index is 2.44. The van der Waals surface area contributed by atoms with Gasteiger partial charge in [-0.25, -0.2) is 4.39 Å². The fraction of sp³-hybridized carbons (Fsp3) is 0.500. The van der Waals surface area contributed by atoms with E-state index in [9.17, 15) is 9.18 Å². The first-order valence-electron chi connectivity index (χ1n) is 6.20. The highest BCUT2D eigenvalue weighted by Gasteiger charge is 2.16. The topological polar surface area (TPSA) is 55.1 Å². The monoisotopic (exact) mass is 252 g/mol. The summed E-state index contributed by atoms with van der Waals surface area (Å²) in [5.74, 6) is -0.246. The molecule has 0 saturated heterocycles. The number of nitrogens with one attached hydrogen (secondary N) is 1. The Hall–Kier alpha value is -1.42. The van der Waals surface area contributed by atoms with E-state index in [1.807, 2.05) is 20.8 Å². The lowest BCUT2D eigenvalue weighted by Gasteiger charge is -2.15. The summed E-state index contributed by atoms with van der Waals surface area (Å²) < 4.78 is 12.9. The second-order valence-electron chi connectivity index (χ2n) is 4.88. The Bertz CT molecular complexity index is 418. The third-order valence-corrected chi connectivity index (χ3v) is 3.02. The molecule has 0 aliphatic rings. The van der Waals surface area contributed by atoms with Crippen LogP contribution in [0.1, 0.15) is 25.0 Å². The van der Waals surface area contributed by atoms with Crippen molar-refractivity contribution in [1.82, 2.24) is 5.32 Å². The molecule has 100 valence electrons. The predicted octanol–water partition coefficient (Wildman–Crippen LogP) is 1.78. The lowest BCUT2D eigenvalue weighted by molar-refractivity contribution is -0.123. The molecule has 0 aliphatic heterocycles. The van der Waals surface area contributed by atoms with Gasteiger partial charge in [0.15, 0.2) is 0 Å². The van der Waals surface area contributed by atoms with Crippen molar-refractivity contribution in [2.24, 2.45) is 11.7 Å². The van der Waals surface area contributed by atoms with Crippen LogP contribution >= 0.6 is 0 Å². The Morgan fingerprint density at radius 2 is 2.11 bits per heavy atom. The molecule has 1 aromatic rings. The Labute approximate surface area is 108 Å². The average Bonchev–Trinajstić information content (AvgIpc) is 2.30. The smallest absolute Gasteiger partial charge is 0.237 e. The molecular formula is C14H21FN2O. The zero-order valence-corrected chi connectivity index (χ0v) is 11.2. The normalized spacial score (nSPS) is 12.6. The van der Waals surface area contributed by atoms with Crippen molar-refractivity contribution >= 4 is 5.91 Å². The van der Waals surface area contributed by atoms with E-state index in [1.165, 1.54) is 12.1 Å². The largest absolute Gasteiger partial charge is 0.354 e. The van der Waals surface area contributed by atoms with Gasteiger partial charge in [0.2, 0.25) is 5.91 Å². The highest BCUT2D eigenvalue weighted by molar-refractivity contribution is 5.81. The summed E-state index contributed by atoms with van der Waals surface area (Å²) in [6.45, 7) is 6.20. The van der Waals surface area contributed by atoms with Gasteiger partial charge in [0.1, 0.15) is 5.82 Å². The van der Waals surface area contributed by atoms with Crippen LogP contribution in [0.4, 0.5) is 4.39 Å². The first-order chi connectivity index (χ1) is 8.41. The molecule has 0 spiro atoms. The number of nitrogens with two attached hydrogens (primary N) is 1. The standard InChI is InChI=1S/C14H21FN2O/c1-9(2)13(16)14(18)17-7-6-11-4-5-12(15)8-10(11)3/h4-5,8-9,13H,6-7,16H2,1-3H3,(H,17,18). The van der Waals surface area contributed by atoms with Gasteiger partial charge in [-0.2, -0.15) is 0 Å². The van der Waals surface area contributed by atoms with Gasteiger partial charge in [0.05, 0.1) is 6.04 Å². The molecule has 0 bridgehead atoms. The molecule has 1 atom stereocenters. The van der Waals surface area contributed by atoms with Crippen LogP contribution in [0, 0.1) is 18.7 Å². The molecule has 1 unspecified atom stereocenters. The molecule has 4 heteroatoms. The minimum atomic E-state index is -0.473. The van der Waals surface area contributed by atoms with Crippen molar-refractivity contribution in [1.29, 1.82) is 0 Å². The average molecular weight is 252 g/mol. The molecular weight excluding hydrogens is 231 g/mol. The minimum Gasteiger partial charge on any atom is -0.354 e. The zero-order valence-electron chi connectivity index (χ0n) is 11.2. The lowest BCUT2D eigenvalue weighted by atomic mass is 10.0. The van der Waals surface area contributed by atoms with Crippen LogP contribution in [0.5, 0.6) is 0 Å². The van der Waals surface area contributed by atoms with Crippen molar-refractivity contribution < 1.29 is 9.18 Å². The number of benzene rings is 1. The van der Waals surface area contributed by atoms with E-state index < -0.39 is 6.04 Å². The van der Waals surface area contributed by atoms with Gasteiger partial charge in [-0.15, -0.1) is 0 Å². The molecule has 1 aromatic carbocycles. The van der Waals surface area contributed by atoms with Crippen LogP contribution in [0.3, 0.4) is 0 Å². The molecule has 0 aromatic heterocycles. The van der Waals surface area contributed by atoms with Crippen LogP contribution in [0.25, 0.3) is 0 Å². The van der Waals surface area contributed by atoms with E-state index in [0.29, 0.717) is 13.0 Å². The molecule has 0 fully saturated rings. The third-order valence-electron chi connectivity index (χ3n) is 3.02. The molecule has 0 aliphatic carbocycles. The zero-order chi connectivity index (χ0) is 13.7. The van der Waals surface area contributed by atoms with Gasteiger partial charge in [-0.05, 0) is 42.5 Å². The highest BCUT2D eigenvalue weighted by Crippen LogP contribution is 2.10. The summed E-state index contributed by atoms with van der Waals surface area (Å²) in [6.07, 6.45) is 0.683. The quantitative estimate of drug-likeness (QED) is 0.839. The molecule has 0 radical (unpaired) electrons. The predicted molar refractivity (Wildman–Crippen MR) is 70.7 cm³/mol. The maximum atomic E-state index is 12.9. The van der Waals surface area contributed by atoms with E-state index in [1.54, 1.807) is 6.07 Å². The molecule has 3 N–H and O–H groups in total. The third kappa shape index (κ3) is 4.11. The van der Waals surface area contributed by atoms with Crippen LogP contribution in [0.2, 0.25) is 0 Å². The number of hydrogen-bond acceptors (Lipinski definition) is 2. The summed E-state index contributed by atoms with van der Waals surface area (Å²) in [4.78, 5) is 11.6. The Morgan fingerprint density at radius 3 is 2.67 bits per heavy atom. The number of halogens is 1. The van der Waals surface area contributed by atoms with Crippen molar-refractivity contribution in [3.63, 3.8) is 0 Å². The van der Waals surface area contributed by atoms with E-state index >= 15 is 0 Å². The number of aryl methyl sites for hydroxylation is 1. The number of carbonyl (C=O) groups excluding carboxylic acids is 1. The molecule has 0 heterocycles. The van der Waals surface area contributed by atoms with Crippen LogP contribution in [-0.2, 0) is 11.2 Å². The van der Waals surface area contributed by atoms with Crippen LogP contribution < -0.4 is 11.1 Å². The van der Waals surface area contributed by atoms with Gasteiger partial charge < -0.3 is 11.1 Å². The molecule has 1 amide bonds. The lowest BCUT2D eigenvalue weighted by Crippen LogP contribution is -2.44. The van der Waals surface area contributed by atoms with Gasteiger partial charge in [0, 0.05) is 6.54 Å². The number of amides is 1.